The standard InChI is InChI=1S/C54H96N6O3/c1-2-8-14-20-26-32-38-44-49(43-37-31-25-19-13-7-1)58-61-52-55-53(62-59-50-45-39-33-27-21-15-9-3-4-10-16-22-28-34-40-46-50)57-54(56-52)63-60-51-47-41-35-29-23-17-11-5-6-12-18-24-30-36-42-48-51/h43,45,47,58-60H,1-42,44,46,48H2. The van der Waals surface area contributed by atoms with E-state index in [9.17, 15) is 0 Å². The van der Waals surface area contributed by atoms with Crippen LogP contribution in [0.3, 0.4) is 0 Å². The average molecular weight is 877 g/mol. The smallest absolute Gasteiger partial charge is 0.340 e. The van der Waals surface area contributed by atoms with Gasteiger partial charge in [-0.2, -0.15) is 0 Å². The molecule has 0 saturated heterocycles. The van der Waals surface area contributed by atoms with Gasteiger partial charge in [0, 0.05) is 17.1 Å². The fourth-order valence-electron chi connectivity index (χ4n) is 9.42. The van der Waals surface area contributed by atoms with Gasteiger partial charge in [-0.25, -0.2) is 16.4 Å². The third-order valence-corrected chi connectivity index (χ3v) is 13.5. The van der Waals surface area contributed by atoms with Crippen LogP contribution in [0.1, 0.15) is 289 Å². The highest BCUT2D eigenvalue weighted by molar-refractivity contribution is 5.11. The van der Waals surface area contributed by atoms with E-state index in [-0.39, 0.29) is 18.0 Å². The van der Waals surface area contributed by atoms with Crippen LogP contribution in [-0.4, -0.2) is 15.0 Å². The number of aromatic nitrogens is 3. The maximum Gasteiger partial charge on any atom is 0.352 e. The summed E-state index contributed by atoms with van der Waals surface area (Å²) < 4.78 is 0. The minimum atomic E-state index is 0.133. The summed E-state index contributed by atoms with van der Waals surface area (Å²) in [6.45, 7) is 0. The van der Waals surface area contributed by atoms with Crippen LogP contribution in [0.15, 0.2) is 35.3 Å². The molecule has 1 heterocycles. The second-order valence-electron chi connectivity index (χ2n) is 19.4. The van der Waals surface area contributed by atoms with E-state index < -0.39 is 0 Å². The van der Waals surface area contributed by atoms with Gasteiger partial charge in [-0.05, 0) is 77.0 Å². The highest BCUT2D eigenvalue weighted by Crippen LogP contribution is 2.22. The van der Waals surface area contributed by atoms with E-state index in [2.05, 4.69) is 49.6 Å². The molecule has 0 aromatic carbocycles. The number of rotatable bonds is 9. The zero-order valence-electron chi connectivity index (χ0n) is 40.6. The van der Waals surface area contributed by atoms with Crippen LogP contribution in [0.2, 0.25) is 0 Å². The Morgan fingerprint density at radius 1 is 0.238 bits per heavy atom. The number of nitrogens with zero attached hydrogens (tertiary/aromatic N) is 3. The van der Waals surface area contributed by atoms with Gasteiger partial charge in [0.25, 0.3) is 0 Å². The summed E-state index contributed by atoms with van der Waals surface area (Å²) in [5, 5.41) is 0. The maximum absolute atomic E-state index is 6.19. The molecule has 9 nitrogen and oxygen atoms in total. The molecule has 0 radical (unpaired) electrons. The van der Waals surface area contributed by atoms with Crippen molar-refractivity contribution in [2.24, 2.45) is 0 Å². The summed E-state index contributed by atoms with van der Waals surface area (Å²) in [6.07, 6.45) is 64.5. The molecule has 9 heteroatoms. The maximum atomic E-state index is 6.19. The van der Waals surface area contributed by atoms with Gasteiger partial charge >= 0.3 is 18.0 Å². The Labute approximate surface area is 386 Å². The largest absolute Gasteiger partial charge is 0.352 e. The van der Waals surface area contributed by atoms with Gasteiger partial charge in [-0.1, -0.05) is 230 Å². The summed E-state index contributed by atoms with van der Waals surface area (Å²) >= 11 is 0. The molecule has 3 aliphatic carbocycles. The molecule has 0 unspecified atom stereocenters. The van der Waals surface area contributed by atoms with E-state index in [1.54, 1.807) is 0 Å². The zero-order chi connectivity index (χ0) is 43.8. The van der Waals surface area contributed by atoms with Crippen molar-refractivity contribution in [1.29, 1.82) is 0 Å². The Balaban J connectivity index is 1.45. The van der Waals surface area contributed by atoms with E-state index in [0.717, 1.165) is 74.9 Å². The molecule has 1 aromatic heterocycles. The highest BCUT2D eigenvalue weighted by atomic mass is 16.7. The lowest BCUT2D eigenvalue weighted by Crippen LogP contribution is -2.24. The van der Waals surface area contributed by atoms with Crippen molar-refractivity contribution >= 4 is 0 Å². The van der Waals surface area contributed by atoms with Crippen LogP contribution in [0.4, 0.5) is 0 Å². The second-order valence-corrected chi connectivity index (χ2v) is 19.4. The van der Waals surface area contributed by atoms with Crippen molar-refractivity contribution < 1.29 is 14.5 Å². The fraction of sp³-hybridized carbons (Fsp3) is 0.833. The summed E-state index contributed by atoms with van der Waals surface area (Å²) in [5.74, 6) is 0. The van der Waals surface area contributed by atoms with Crippen LogP contribution in [-0.2, 0) is 0 Å². The molecule has 360 valence electrons. The Morgan fingerprint density at radius 3 is 0.619 bits per heavy atom. The minimum absolute atomic E-state index is 0.133. The van der Waals surface area contributed by atoms with Crippen molar-refractivity contribution in [1.82, 2.24) is 31.4 Å². The van der Waals surface area contributed by atoms with Crippen molar-refractivity contribution in [2.75, 3.05) is 0 Å². The zero-order valence-corrected chi connectivity index (χ0v) is 40.6. The molecule has 0 amide bonds. The molecule has 0 aliphatic heterocycles. The van der Waals surface area contributed by atoms with Gasteiger partial charge in [0.1, 0.15) is 0 Å². The summed E-state index contributed by atoms with van der Waals surface area (Å²) in [5.41, 5.74) is 13.1. The lowest BCUT2D eigenvalue weighted by Gasteiger charge is -2.15. The third kappa shape index (κ3) is 29.2. The Morgan fingerprint density at radius 2 is 0.413 bits per heavy atom. The van der Waals surface area contributed by atoms with Gasteiger partial charge in [-0.15, -0.1) is 15.0 Å². The molecule has 0 spiro atoms. The van der Waals surface area contributed by atoms with Crippen LogP contribution in [0, 0.1) is 0 Å². The first-order valence-corrected chi connectivity index (χ1v) is 27.5. The first-order valence-electron chi connectivity index (χ1n) is 27.5. The quantitative estimate of drug-likeness (QED) is 0.209. The number of hydrogen-bond acceptors (Lipinski definition) is 9. The van der Waals surface area contributed by atoms with Gasteiger partial charge in [0.05, 0.1) is 0 Å². The van der Waals surface area contributed by atoms with E-state index in [0.29, 0.717) is 0 Å². The first kappa shape index (κ1) is 52.7. The monoisotopic (exact) mass is 877 g/mol. The van der Waals surface area contributed by atoms with Crippen LogP contribution < -0.4 is 31.0 Å². The molecule has 0 bridgehead atoms. The number of hydrogen-bond donors (Lipinski definition) is 3. The molecule has 3 N–H and O–H groups in total. The van der Waals surface area contributed by atoms with Crippen molar-refractivity contribution in [3.8, 4) is 18.0 Å². The Hall–Kier alpha value is -2.97. The first-order chi connectivity index (χ1) is 31.3. The van der Waals surface area contributed by atoms with Crippen molar-refractivity contribution in [3.05, 3.63) is 35.3 Å². The summed E-state index contributed by atoms with van der Waals surface area (Å²) in [7, 11) is 0. The van der Waals surface area contributed by atoms with Gasteiger partial charge in [0.2, 0.25) is 0 Å². The molecule has 1 aromatic rings. The van der Waals surface area contributed by atoms with Gasteiger partial charge in [-0.3, -0.25) is 0 Å². The summed E-state index contributed by atoms with van der Waals surface area (Å²) in [6, 6.07) is 0.399. The third-order valence-electron chi connectivity index (χ3n) is 13.5. The lowest BCUT2D eigenvalue weighted by atomic mass is 10.0. The SMILES string of the molecule is C1=C(NOc2nc(ONC3=CCCCCCCCCCCCCCCC3)nc(ONC3=CCCCCCCCCCCCCCCC3)n2)CCCCCCCCCCCCCCC1. The minimum Gasteiger partial charge on any atom is -0.340 e. The highest BCUT2D eigenvalue weighted by Gasteiger charge is 2.14. The molecule has 3 aliphatic rings. The molecular weight excluding hydrogens is 781 g/mol. The number of hydroxylamine groups is 3. The van der Waals surface area contributed by atoms with Crippen molar-refractivity contribution in [3.63, 3.8) is 0 Å². The van der Waals surface area contributed by atoms with E-state index >= 15 is 0 Å². The van der Waals surface area contributed by atoms with Crippen LogP contribution in [0.5, 0.6) is 18.0 Å². The van der Waals surface area contributed by atoms with E-state index in [1.165, 1.54) is 231 Å². The topological polar surface area (TPSA) is 102 Å². The Kier molecular flexibility index (Phi) is 32.0. The predicted molar refractivity (Wildman–Crippen MR) is 263 cm³/mol. The Bertz CT molecular complexity index is 1170. The molecule has 0 fully saturated rings. The number of allylic oxidation sites excluding steroid dienone is 6. The number of nitrogens with one attached hydrogen (secondary N) is 3. The lowest BCUT2D eigenvalue weighted by molar-refractivity contribution is 0.155. The van der Waals surface area contributed by atoms with Gasteiger partial charge < -0.3 is 14.5 Å². The summed E-state index contributed by atoms with van der Waals surface area (Å²) in [4.78, 5) is 32.5. The molecule has 4 rings (SSSR count). The normalized spacial score (nSPS) is 21.6. The van der Waals surface area contributed by atoms with E-state index in [4.69, 9.17) is 14.5 Å². The second kappa shape index (κ2) is 38.3. The fourth-order valence-corrected chi connectivity index (χ4v) is 9.42. The molecule has 63 heavy (non-hydrogen) atoms. The molecule has 0 saturated carbocycles. The van der Waals surface area contributed by atoms with Crippen molar-refractivity contribution in [2.45, 2.75) is 289 Å². The molecular formula is C54H96N6O3. The molecule has 0 atom stereocenters. The van der Waals surface area contributed by atoms with E-state index in [1.807, 2.05) is 0 Å². The van der Waals surface area contributed by atoms with Crippen LogP contribution >= 0.6 is 0 Å². The van der Waals surface area contributed by atoms with Gasteiger partial charge in [0.15, 0.2) is 0 Å². The van der Waals surface area contributed by atoms with Crippen LogP contribution in [0.25, 0.3) is 0 Å². The predicted octanol–water partition coefficient (Wildman–Crippen LogP) is 16.8. The average Bonchev–Trinajstić information content (AvgIpc) is 3.30.